The Kier molecular flexibility index (Phi) is 10.6. The summed E-state index contributed by atoms with van der Waals surface area (Å²) in [5.74, 6) is -1.39. The third kappa shape index (κ3) is 6.35. The van der Waals surface area contributed by atoms with Crippen molar-refractivity contribution in [3.05, 3.63) is 67.4 Å². The highest BCUT2D eigenvalue weighted by Gasteiger charge is 2.26. The maximum Gasteiger partial charge on any atom is 0.264 e. The summed E-state index contributed by atoms with van der Waals surface area (Å²) in [6, 6.07) is 10.0. The third-order valence-corrected chi connectivity index (χ3v) is 9.26. The van der Waals surface area contributed by atoms with Crippen LogP contribution < -0.4 is 10.6 Å². The first-order valence-corrected chi connectivity index (χ1v) is 15.1. The van der Waals surface area contributed by atoms with Crippen LogP contribution in [0.1, 0.15) is 90.0 Å². The Bertz CT molecular complexity index is 1480. The number of benzene rings is 1. The second-order valence-electron chi connectivity index (χ2n) is 9.18. The van der Waals surface area contributed by atoms with Crippen LogP contribution in [0.25, 0.3) is 0 Å². The van der Waals surface area contributed by atoms with Gasteiger partial charge >= 0.3 is 0 Å². The number of carbonyl (C=O) groups excluding carboxylic acids is 4. The molecule has 0 aliphatic rings. The van der Waals surface area contributed by atoms with Crippen molar-refractivity contribution in [3.63, 3.8) is 0 Å². The van der Waals surface area contributed by atoms with Crippen LogP contribution in [0.2, 0.25) is 0 Å². The molecule has 12 heteroatoms. The number of hydrogen-bond donors (Lipinski definition) is 2. The average molecular weight is 605 g/mol. The number of amides is 4. The summed E-state index contributed by atoms with van der Waals surface area (Å²) in [4.78, 5) is 55.9. The molecule has 0 unspecified atom stereocenters. The Hall–Kier alpha value is -4.52. The first-order valence-electron chi connectivity index (χ1n) is 13.4. The molecule has 0 spiro atoms. The van der Waals surface area contributed by atoms with Gasteiger partial charge in [-0.2, -0.15) is 10.5 Å². The molecule has 2 heterocycles. The van der Waals surface area contributed by atoms with Crippen molar-refractivity contribution >= 4 is 56.3 Å². The smallest absolute Gasteiger partial charge is 0.264 e. The van der Waals surface area contributed by atoms with Gasteiger partial charge in [0.2, 0.25) is 0 Å². The number of thiophene rings is 2. The van der Waals surface area contributed by atoms with E-state index in [0.29, 0.717) is 47.1 Å². The SMILES string of the molecule is CCN(CC)C(=O)c1sc(NC(=O)c2ccc(C(=O)Nc3sc(C(=O)N(CC)CC)c(C)c3C#N)cc2)c(C#N)c1C. The Morgan fingerprint density at radius 1 is 0.667 bits per heavy atom. The lowest BCUT2D eigenvalue weighted by Crippen LogP contribution is -2.30. The average Bonchev–Trinajstić information content (AvgIpc) is 3.48. The number of nitrogens with one attached hydrogen (secondary N) is 2. The number of nitrogens with zero attached hydrogens (tertiary/aromatic N) is 4. The summed E-state index contributed by atoms with van der Waals surface area (Å²) < 4.78 is 0. The molecule has 0 radical (unpaired) electrons. The number of nitriles is 2. The minimum atomic E-state index is -0.498. The maximum atomic E-state index is 13.0. The standard InChI is InChI=1S/C30H32N6O4S2/c1-7-35(8-2)29(39)23-17(5)21(15-31)27(41-23)33-25(37)19-11-13-20(14-12-19)26(38)34-28-22(16-32)18(6)24(42-28)30(40)36(9-3)10-4/h11-14H,7-10H2,1-6H3,(H,33,37)(H,34,38). The molecule has 1 aromatic carbocycles. The lowest BCUT2D eigenvalue weighted by molar-refractivity contribution is 0.0769. The van der Waals surface area contributed by atoms with E-state index >= 15 is 0 Å². The quantitative estimate of drug-likeness (QED) is 0.306. The summed E-state index contributed by atoms with van der Waals surface area (Å²) in [5.41, 5.74) is 2.00. The van der Waals surface area contributed by atoms with Gasteiger partial charge in [-0.05, 0) is 76.9 Å². The summed E-state index contributed by atoms with van der Waals surface area (Å²) in [5, 5.41) is 25.4. The molecule has 0 bridgehead atoms. The van der Waals surface area contributed by atoms with Crippen LogP contribution >= 0.6 is 22.7 Å². The topological polar surface area (TPSA) is 146 Å². The van der Waals surface area contributed by atoms with Gasteiger partial charge < -0.3 is 20.4 Å². The van der Waals surface area contributed by atoms with Gasteiger partial charge in [-0.1, -0.05) is 0 Å². The molecule has 0 fully saturated rings. The van der Waals surface area contributed by atoms with E-state index in [9.17, 15) is 29.7 Å². The van der Waals surface area contributed by atoms with E-state index in [1.54, 1.807) is 23.6 Å². The number of rotatable bonds is 10. The second-order valence-corrected chi connectivity index (χ2v) is 11.2. The molecule has 0 aliphatic carbocycles. The van der Waals surface area contributed by atoms with Crippen molar-refractivity contribution < 1.29 is 19.2 Å². The van der Waals surface area contributed by atoms with Crippen molar-refractivity contribution in [2.75, 3.05) is 36.8 Å². The molecule has 10 nitrogen and oxygen atoms in total. The zero-order valence-electron chi connectivity index (χ0n) is 24.4. The van der Waals surface area contributed by atoms with E-state index in [2.05, 4.69) is 22.8 Å². The van der Waals surface area contributed by atoms with Crippen molar-refractivity contribution in [1.29, 1.82) is 10.5 Å². The predicted molar refractivity (Wildman–Crippen MR) is 164 cm³/mol. The van der Waals surface area contributed by atoms with Crippen LogP contribution in [0, 0.1) is 36.5 Å². The van der Waals surface area contributed by atoms with Gasteiger partial charge in [0.1, 0.15) is 22.1 Å². The molecule has 2 aromatic heterocycles. The molecule has 0 aliphatic heterocycles. The Balaban J connectivity index is 1.79. The number of hydrogen-bond acceptors (Lipinski definition) is 8. The fraction of sp³-hybridized carbons (Fsp3) is 0.333. The van der Waals surface area contributed by atoms with E-state index in [-0.39, 0.29) is 44.1 Å². The minimum absolute atomic E-state index is 0.195. The summed E-state index contributed by atoms with van der Waals surface area (Å²) in [7, 11) is 0. The minimum Gasteiger partial charge on any atom is -0.338 e. The van der Waals surface area contributed by atoms with Gasteiger partial charge in [-0.25, -0.2) is 0 Å². The largest absolute Gasteiger partial charge is 0.338 e. The third-order valence-electron chi connectivity index (χ3n) is 6.87. The molecule has 3 aromatic rings. The molecular formula is C30H32N6O4S2. The van der Waals surface area contributed by atoms with Crippen molar-refractivity contribution in [2.45, 2.75) is 41.5 Å². The Morgan fingerprint density at radius 3 is 1.24 bits per heavy atom. The zero-order chi connectivity index (χ0) is 31.1. The zero-order valence-corrected chi connectivity index (χ0v) is 26.0. The van der Waals surface area contributed by atoms with Crippen LogP contribution in [-0.2, 0) is 0 Å². The highest BCUT2D eigenvalue weighted by atomic mass is 32.1. The number of anilines is 2. The monoisotopic (exact) mass is 604 g/mol. The second kappa shape index (κ2) is 13.9. The predicted octanol–water partition coefficient (Wildman–Crippen LogP) is 5.64. The van der Waals surface area contributed by atoms with Gasteiger partial charge in [0.05, 0.1) is 20.9 Å². The summed E-state index contributed by atoms with van der Waals surface area (Å²) in [6.07, 6.45) is 0. The van der Waals surface area contributed by atoms with Crippen LogP contribution in [0.5, 0.6) is 0 Å². The molecule has 0 atom stereocenters. The fourth-order valence-corrected chi connectivity index (χ4v) is 6.55. The highest BCUT2D eigenvalue weighted by Crippen LogP contribution is 2.35. The molecule has 42 heavy (non-hydrogen) atoms. The Morgan fingerprint density at radius 2 is 0.976 bits per heavy atom. The van der Waals surface area contributed by atoms with Crippen molar-refractivity contribution in [1.82, 2.24) is 9.80 Å². The number of carbonyl (C=O) groups is 4. The first kappa shape index (κ1) is 32.0. The fourth-order valence-electron chi connectivity index (χ4n) is 4.31. The van der Waals surface area contributed by atoms with Gasteiger partial charge in [0.25, 0.3) is 23.6 Å². The van der Waals surface area contributed by atoms with Crippen LogP contribution in [-0.4, -0.2) is 59.6 Å². The van der Waals surface area contributed by atoms with E-state index in [4.69, 9.17) is 0 Å². The first-order chi connectivity index (χ1) is 20.1. The van der Waals surface area contributed by atoms with Gasteiger partial charge in [-0.3, -0.25) is 19.2 Å². The lowest BCUT2D eigenvalue weighted by Gasteiger charge is -2.17. The summed E-state index contributed by atoms with van der Waals surface area (Å²) in [6.45, 7) is 13.0. The van der Waals surface area contributed by atoms with Crippen LogP contribution in [0.3, 0.4) is 0 Å². The molecule has 0 saturated heterocycles. The molecular weight excluding hydrogens is 573 g/mol. The van der Waals surface area contributed by atoms with E-state index in [1.807, 2.05) is 27.7 Å². The van der Waals surface area contributed by atoms with E-state index in [0.717, 1.165) is 22.7 Å². The maximum absolute atomic E-state index is 13.0. The lowest BCUT2D eigenvalue weighted by atomic mass is 10.1. The summed E-state index contributed by atoms with van der Waals surface area (Å²) >= 11 is 2.12. The van der Waals surface area contributed by atoms with Crippen molar-refractivity contribution in [2.24, 2.45) is 0 Å². The van der Waals surface area contributed by atoms with Gasteiger partial charge in [0.15, 0.2) is 0 Å². The van der Waals surface area contributed by atoms with Crippen LogP contribution in [0.4, 0.5) is 10.0 Å². The Labute approximate surface area is 253 Å². The van der Waals surface area contributed by atoms with Gasteiger partial charge in [-0.15, -0.1) is 22.7 Å². The van der Waals surface area contributed by atoms with Gasteiger partial charge in [0, 0.05) is 37.3 Å². The highest BCUT2D eigenvalue weighted by molar-refractivity contribution is 7.19. The molecule has 4 amide bonds. The molecule has 218 valence electrons. The van der Waals surface area contributed by atoms with E-state index in [1.165, 1.54) is 24.3 Å². The normalized spacial score (nSPS) is 10.4. The molecule has 0 saturated carbocycles. The molecule has 2 N–H and O–H groups in total. The molecule has 3 rings (SSSR count). The van der Waals surface area contributed by atoms with Crippen molar-refractivity contribution in [3.8, 4) is 12.1 Å². The van der Waals surface area contributed by atoms with E-state index < -0.39 is 11.8 Å². The van der Waals surface area contributed by atoms with Crippen LogP contribution in [0.15, 0.2) is 24.3 Å².